The summed E-state index contributed by atoms with van der Waals surface area (Å²) in [6, 6.07) is 16.4. The fourth-order valence-electron chi connectivity index (χ4n) is 2.23. The molecular weight excluding hydrogens is 300 g/mol. The van der Waals surface area contributed by atoms with Gasteiger partial charge in [0.1, 0.15) is 0 Å². The van der Waals surface area contributed by atoms with Crippen LogP contribution in [0.5, 0.6) is 0 Å². The molecule has 100 valence electrons. The van der Waals surface area contributed by atoms with E-state index in [1.165, 1.54) is 16.7 Å². The summed E-state index contributed by atoms with van der Waals surface area (Å²) in [6.07, 6.45) is 2.14. The van der Waals surface area contributed by atoms with Gasteiger partial charge in [-0.25, -0.2) is 0 Å². The van der Waals surface area contributed by atoms with Crippen LogP contribution in [-0.2, 0) is 12.8 Å². The molecule has 2 aromatic rings. The minimum Gasteiger partial charge on any atom is -0.393 e. The van der Waals surface area contributed by atoms with Gasteiger partial charge in [0.05, 0.1) is 6.10 Å². The third kappa shape index (κ3) is 4.19. The van der Waals surface area contributed by atoms with E-state index in [0.29, 0.717) is 6.42 Å². The van der Waals surface area contributed by atoms with Crippen LogP contribution in [0.4, 0.5) is 0 Å². The lowest BCUT2D eigenvalue weighted by atomic mass is 9.99. The quantitative estimate of drug-likeness (QED) is 0.871. The molecule has 0 heterocycles. The molecule has 0 aliphatic heterocycles. The van der Waals surface area contributed by atoms with Crippen LogP contribution in [0.25, 0.3) is 0 Å². The number of hydrogen-bond acceptors (Lipinski definition) is 1. The van der Waals surface area contributed by atoms with E-state index >= 15 is 0 Å². The smallest absolute Gasteiger partial charge is 0.0584 e. The molecule has 0 radical (unpaired) electrons. The van der Waals surface area contributed by atoms with Crippen molar-refractivity contribution >= 4 is 15.9 Å². The number of benzene rings is 2. The first-order valence-corrected chi connectivity index (χ1v) is 7.42. The molecule has 0 bridgehead atoms. The Labute approximate surface area is 123 Å². The van der Waals surface area contributed by atoms with Crippen molar-refractivity contribution in [1.29, 1.82) is 0 Å². The maximum absolute atomic E-state index is 10.2. The van der Waals surface area contributed by atoms with Gasteiger partial charge in [0.25, 0.3) is 0 Å². The monoisotopic (exact) mass is 318 g/mol. The molecule has 0 aliphatic carbocycles. The van der Waals surface area contributed by atoms with Gasteiger partial charge in [-0.05, 0) is 48.9 Å². The maximum Gasteiger partial charge on any atom is 0.0584 e. The van der Waals surface area contributed by atoms with Crippen molar-refractivity contribution in [1.82, 2.24) is 0 Å². The van der Waals surface area contributed by atoms with Crippen LogP contribution < -0.4 is 0 Å². The molecule has 1 N–H and O–H groups in total. The fraction of sp³-hybridized carbons (Fsp3) is 0.294. The van der Waals surface area contributed by atoms with Crippen molar-refractivity contribution < 1.29 is 5.11 Å². The van der Waals surface area contributed by atoms with Crippen molar-refractivity contribution in [3.05, 3.63) is 69.7 Å². The van der Waals surface area contributed by atoms with E-state index < -0.39 is 0 Å². The van der Waals surface area contributed by atoms with E-state index in [1.807, 2.05) is 18.2 Å². The second-order valence-corrected chi connectivity index (χ2v) is 5.77. The van der Waals surface area contributed by atoms with Gasteiger partial charge in [-0.3, -0.25) is 0 Å². The Morgan fingerprint density at radius 3 is 2.32 bits per heavy atom. The summed E-state index contributed by atoms with van der Waals surface area (Å²) >= 11 is 3.52. The Morgan fingerprint density at radius 1 is 1.00 bits per heavy atom. The summed E-state index contributed by atoms with van der Waals surface area (Å²) in [7, 11) is 0. The Kier molecular flexibility index (Phi) is 5.17. The second-order valence-electron chi connectivity index (χ2n) is 4.91. The molecule has 19 heavy (non-hydrogen) atoms. The lowest BCUT2D eigenvalue weighted by Crippen LogP contribution is -2.12. The first-order chi connectivity index (χ1) is 9.16. The van der Waals surface area contributed by atoms with Gasteiger partial charge in [-0.2, -0.15) is 0 Å². The molecule has 1 unspecified atom stereocenters. The average molecular weight is 319 g/mol. The highest BCUT2D eigenvalue weighted by atomic mass is 79.9. The summed E-state index contributed by atoms with van der Waals surface area (Å²) < 4.78 is 1.07. The molecule has 0 fully saturated rings. The average Bonchev–Trinajstić information content (AvgIpc) is 2.40. The van der Waals surface area contributed by atoms with Crippen LogP contribution in [0.1, 0.15) is 23.1 Å². The molecule has 1 nitrogen and oxygen atoms in total. The van der Waals surface area contributed by atoms with Crippen LogP contribution in [0.3, 0.4) is 0 Å². The Balaban J connectivity index is 1.90. The highest BCUT2D eigenvalue weighted by Gasteiger charge is 2.09. The number of rotatable bonds is 5. The van der Waals surface area contributed by atoms with Gasteiger partial charge in [0.2, 0.25) is 0 Å². The van der Waals surface area contributed by atoms with Crippen molar-refractivity contribution in [2.24, 2.45) is 0 Å². The molecule has 0 aliphatic rings. The van der Waals surface area contributed by atoms with E-state index in [4.69, 9.17) is 0 Å². The lowest BCUT2D eigenvalue weighted by molar-refractivity contribution is 0.165. The SMILES string of the molecule is Cc1ccccc1CCC(O)Cc1ccccc1Br. The second kappa shape index (κ2) is 6.88. The molecule has 0 spiro atoms. The zero-order valence-electron chi connectivity index (χ0n) is 11.1. The van der Waals surface area contributed by atoms with Crippen LogP contribution in [0.2, 0.25) is 0 Å². The molecule has 1 atom stereocenters. The number of halogens is 1. The molecule has 2 aromatic carbocycles. The van der Waals surface area contributed by atoms with Crippen LogP contribution in [-0.4, -0.2) is 11.2 Å². The lowest BCUT2D eigenvalue weighted by Gasteiger charge is -2.13. The molecule has 0 aromatic heterocycles. The van der Waals surface area contributed by atoms with E-state index in [0.717, 1.165) is 17.3 Å². The van der Waals surface area contributed by atoms with Crippen LogP contribution >= 0.6 is 15.9 Å². The van der Waals surface area contributed by atoms with Crippen LogP contribution in [0, 0.1) is 6.92 Å². The molecule has 2 heteroatoms. The summed E-state index contributed by atoms with van der Waals surface area (Å²) in [4.78, 5) is 0. The van der Waals surface area contributed by atoms with Gasteiger partial charge >= 0.3 is 0 Å². The summed E-state index contributed by atoms with van der Waals surface area (Å²) in [5, 5.41) is 10.2. The Bertz CT molecular complexity index is 536. The topological polar surface area (TPSA) is 20.2 Å². The molecule has 0 saturated heterocycles. The van der Waals surface area contributed by atoms with Gasteiger partial charge in [-0.1, -0.05) is 58.4 Å². The molecule has 2 rings (SSSR count). The maximum atomic E-state index is 10.2. The summed E-state index contributed by atoms with van der Waals surface area (Å²) in [5.74, 6) is 0. The van der Waals surface area contributed by atoms with Gasteiger partial charge in [0.15, 0.2) is 0 Å². The Morgan fingerprint density at radius 2 is 1.63 bits per heavy atom. The number of hydrogen-bond donors (Lipinski definition) is 1. The first-order valence-electron chi connectivity index (χ1n) is 6.63. The Hall–Kier alpha value is -1.12. The highest BCUT2D eigenvalue weighted by molar-refractivity contribution is 9.10. The number of aliphatic hydroxyl groups excluding tert-OH is 1. The predicted molar refractivity (Wildman–Crippen MR) is 83.4 cm³/mol. The third-order valence-corrected chi connectivity index (χ3v) is 4.20. The van der Waals surface area contributed by atoms with Crippen molar-refractivity contribution in [3.8, 4) is 0 Å². The first kappa shape index (κ1) is 14.3. The predicted octanol–water partition coefficient (Wildman–Crippen LogP) is 4.29. The zero-order valence-corrected chi connectivity index (χ0v) is 12.7. The molecular formula is C17H19BrO. The standard InChI is InChI=1S/C17H19BrO/c1-13-6-2-3-7-14(13)10-11-16(19)12-15-8-4-5-9-17(15)18/h2-9,16,19H,10-12H2,1H3. The number of aliphatic hydroxyl groups is 1. The normalized spacial score (nSPS) is 12.4. The van der Waals surface area contributed by atoms with E-state index in [-0.39, 0.29) is 6.10 Å². The van der Waals surface area contributed by atoms with Gasteiger partial charge in [0, 0.05) is 4.47 Å². The van der Waals surface area contributed by atoms with Gasteiger partial charge < -0.3 is 5.11 Å². The van der Waals surface area contributed by atoms with Crippen molar-refractivity contribution in [2.75, 3.05) is 0 Å². The molecule has 0 amide bonds. The molecule has 0 saturated carbocycles. The number of aryl methyl sites for hydroxylation is 2. The van der Waals surface area contributed by atoms with E-state index in [1.54, 1.807) is 0 Å². The van der Waals surface area contributed by atoms with Gasteiger partial charge in [-0.15, -0.1) is 0 Å². The van der Waals surface area contributed by atoms with E-state index in [9.17, 15) is 5.11 Å². The van der Waals surface area contributed by atoms with E-state index in [2.05, 4.69) is 53.2 Å². The zero-order chi connectivity index (χ0) is 13.7. The minimum absolute atomic E-state index is 0.293. The fourth-order valence-corrected chi connectivity index (χ4v) is 2.68. The van der Waals surface area contributed by atoms with Crippen LogP contribution in [0.15, 0.2) is 53.0 Å². The highest BCUT2D eigenvalue weighted by Crippen LogP contribution is 2.19. The third-order valence-electron chi connectivity index (χ3n) is 3.42. The summed E-state index contributed by atoms with van der Waals surface area (Å²) in [6.45, 7) is 2.12. The summed E-state index contributed by atoms with van der Waals surface area (Å²) in [5.41, 5.74) is 3.80. The minimum atomic E-state index is -0.293. The largest absolute Gasteiger partial charge is 0.393 e. The van der Waals surface area contributed by atoms with Crippen molar-refractivity contribution in [2.45, 2.75) is 32.3 Å². The van der Waals surface area contributed by atoms with Crippen molar-refractivity contribution in [3.63, 3.8) is 0 Å².